The summed E-state index contributed by atoms with van der Waals surface area (Å²) in [6.45, 7) is 7.24. The predicted molar refractivity (Wildman–Crippen MR) is 112 cm³/mol. The maximum Gasteiger partial charge on any atom is 0.220 e. The largest absolute Gasteiger partial charge is 0.354 e. The van der Waals surface area contributed by atoms with E-state index >= 15 is 0 Å². The first-order chi connectivity index (χ1) is 13.6. The average Bonchev–Trinajstić information content (AvgIpc) is 2.97. The van der Waals surface area contributed by atoms with Crippen molar-refractivity contribution in [3.63, 3.8) is 0 Å². The molecular formula is C24H31N3O. The molecule has 28 heavy (non-hydrogen) atoms. The third-order valence-corrected chi connectivity index (χ3v) is 6.43. The second-order valence-electron chi connectivity index (χ2n) is 8.83. The Hall–Kier alpha value is -2.20. The number of carbonyl (C=O) groups is 1. The van der Waals surface area contributed by atoms with Crippen molar-refractivity contribution >= 4 is 5.91 Å². The Morgan fingerprint density at radius 3 is 2.71 bits per heavy atom. The molecule has 0 unspecified atom stereocenters. The van der Waals surface area contributed by atoms with Gasteiger partial charge in [-0.2, -0.15) is 0 Å². The molecule has 2 aliphatic rings. The lowest BCUT2D eigenvalue weighted by atomic mass is 9.73. The van der Waals surface area contributed by atoms with E-state index in [1.807, 2.05) is 32.3 Å². The zero-order valence-corrected chi connectivity index (χ0v) is 17.0. The monoisotopic (exact) mass is 377 g/mol. The van der Waals surface area contributed by atoms with Crippen LogP contribution in [0, 0.1) is 0 Å². The first-order valence-electron chi connectivity index (χ1n) is 10.6. The summed E-state index contributed by atoms with van der Waals surface area (Å²) < 4.78 is 0. The number of fused-ring (bicyclic) bond motifs is 2. The highest BCUT2D eigenvalue weighted by atomic mass is 16.1. The van der Waals surface area contributed by atoms with Gasteiger partial charge in [0.15, 0.2) is 0 Å². The molecule has 4 heteroatoms. The van der Waals surface area contributed by atoms with E-state index in [1.54, 1.807) is 0 Å². The van der Waals surface area contributed by atoms with E-state index in [1.165, 1.54) is 29.5 Å². The van der Waals surface area contributed by atoms with Gasteiger partial charge in [-0.05, 0) is 80.3 Å². The van der Waals surface area contributed by atoms with Gasteiger partial charge in [0.2, 0.25) is 5.91 Å². The average molecular weight is 378 g/mol. The van der Waals surface area contributed by atoms with Crippen LogP contribution in [-0.4, -0.2) is 34.9 Å². The van der Waals surface area contributed by atoms with Crippen LogP contribution in [0.4, 0.5) is 0 Å². The van der Waals surface area contributed by atoms with Gasteiger partial charge in [0.05, 0.1) is 0 Å². The van der Waals surface area contributed by atoms with Crippen molar-refractivity contribution in [1.82, 2.24) is 15.2 Å². The van der Waals surface area contributed by atoms with Crippen molar-refractivity contribution in [2.45, 2.75) is 63.5 Å². The maximum atomic E-state index is 12.4. The smallest absolute Gasteiger partial charge is 0.220 e. The number of nitrogens with one attached hydrogen (secondary N) is 1. The van der Waals surface area contributed by atoms with Gasteiger partial charge in [0.25, 0.3) is 0 Å². The highest BCUT2D eigenvalue weighted by Crippen LogP contribution is 2.52. The van der Waals surface area contributed by atoms with Gasteiger partial charge in [-0.15, -0.1) is 0 Å². The number of nitrogens with zero attached hydrogens (tertiary/aromatic N) is 2. The Balaban J connectivity index is 1.46. The van der Waals surface area contributed by atoms with Crippen molar-refractivity contribution in [2.24, 2.45) is 0 Å². The predicted octanol–water partition coefficient (Wildman–Crippen LogP) is 4.02. The number of hydrogen-bond acceptors (Lipinski definition) is 3. The van der Waals surface area contributed by atoms with Crippen LogP contribution < -0.4 is 5.32 Å². The summed E-state index contributed by atoms with van der Waals surface area (Å²) >= 11 is 0. The Morgan fingerprint density at radius 1 is 1.21 bits per heavy atom. The van der Waals surface area contributed by atoms with E-state index in [-0.39, 0.29) is 17.4 Å². The highest BCUT2D eigenvalue weighted by Gasteiger charge is 2.45. The van der Waals surface area contributed by atoms with Gasteiger partial charge >= 0.3 is 0 Å². The molecule has 1 atom stereocenters. The lowest BCUT2D eigenvalue weighted by molar-refractivity contribution is -0.122. The van der Waals surface area contributed by atoms with Crippen LogP contribution in [0.3, 0.4) is 0 Å². The van der Waals surface area contributed by atoms with Gasteiger partial charge in [-0.1, -0.05) is 30.3 Å². The molecule has 1 fully saturated rings. The van der Waals surface area contributed by atoms with Crippen LogP contribution in [0.25, 0.3) is 0 Å². The molecule has 1 aromatic carbocycles. The van der Waals surface area contributed by atoms with Gasteiger partial charge in [-0.3, -0.25) is 14.7 Å². The first kappa shape index (κ1) is 19.1. The molecule has 2 aromatic rings. The highest BCUT2D eigenvalue weighted by molar-refractivity contribution is 5.77. The number of aromatic nitrogens is 1. The number of piperidine rings is 1. The van der Waals surface area contributed by atoms with E-state index in [4.69, 9.17) is 0 Å². The Kier molecular flexibility index (Phi) is 5.49. The summed E-state index contributed by atoms with van der Waals surface area (Å²) in [6, 6.07) is 13.2. The molecule has 1 aromatic heterocycles. The van der Waals surface area contributed by atoms with Crippen molar-refractivity contribution in [2.75, 3.05) is 13.1 Å². The molecule has 1 aliphatic carbocycles. The molecular weight excluding hydrogens is 346 g/mol. The second-order valence-corrected chi connectivity index (χ2v) is 8.83. The molecule has 1 spiro atoms. The van der Waals surface area contributed by atoms with Crippen molar-refractivity contribution in [1.29, 1.82) is 0 Å². The Labute approximate surface area is 168 Å². The van der Waals surface area contributed by atoms with Crippen LogP contribution in [0.5, 0.6) is 0 Å². The molecule has 0 saturated carbocycles. The SMILES string of the molecule is CC(C)NC(=O)C[C@@H]1CC2(CCN(Cc3cccnc3)CC2)c2ccccc21. The van der Waals surface area contributed by atoms with Crippen LogP contribution >= 0.6 is 0 Å². The minimum absolute atomic E-state index is 0.181. The molecule has 1 saturated heterocycles. The standard InChI is InChI=1S/C24H31N3O/c1-18(2)26-23(28)14-20-15-24(22-8-4-3-7-21(20)22)9-12-27(13-10-24)17-19-6-5-11-25-16-19/h3-8,11,16,18,20H,9-10,12-15,17H2,1-2H3,(H,26,28)/t20-/m1/s1. The van der Waals surface area contributed by atoms with Gasteiger partial charge in [-0.25, -0.2) is 0 Å². The van der Waals surface area contributed by atoms with E-state index < -0.39 is 0 Å². The van der Waals surface area contributed by atoms with Gasteiger partial charge in [0.1, 0.15) is 0 Å². The molecule has 4 rings (SSSR count). The number of benzene rings is 1. The summed E-state index contributed by atoms with van der Waals surface area (Å²) in [7, 11) is 0. The summed E-state index contributed by atoms with van der Waals surface area (Å²) in [5, 5.41) is 3.07. The number of likely N-dealkylation sites (tertiary alicyclic amines) is 1. The van der Waals surface area contributed by atoms with E-state index in [2.05, 4.69) is 45.5 Å². The first-order valence-corrected chi connectivity index (χ1v) is 10.6. The lowest BCUT2D eigenvalue weighted by Crippen LogP contribution is -2.41. The maximum absolute atomic E-state index is 12.4. The van der Waals surface area contributed by atoms with Crippen LogP contribution in [0.2, 0.25) is 0 Å². The molecule has 4 nitrogen and oxygen atoms in total. The minimum atomic E-state index is 0.181. The molecule has 0 bridgehead atoms. The molecule has 1 aliphatic heterocycles. The van der Waals surface area contributed by atoms with E-state index in [9.17, 15) is 4.79 Å². The van der Waals surface area contributed by atoms with Crippen LogP contribution in [-0.2, 0) is 16.8 Å². The minimum Gasteiger partial charge on any atom is -0.354 e. The summed E-state index contributed by atoms with van der Waals surface area (Å²) in [6.07, 6.45) is 7.87. The van der Waals surface area contributed by atoms with E-state index in [0.29, 0.717) is 12.3 Å². The zero-order valence-electron chi connectivity index (χ0n) is 17.0. The fourth-order valence-corrected chi connectivity index (χ4v) is 5.18. The number of carbonyl (C=O) groups excluding carboxylic acids is 1. The van der Waals surface area contributed by atoms with Gasteiger partial charge < -0.3 is 5.32 Å². The number of hydrogen-bond donors (Lipinski definition) is 1. The van der Waals surface area contributed by atoms with Crippen molar-refractivity contribution in [3.8, 4) is 0 Å². The third kappa shape index (κ3) is 3.97. The van der Waals surface area contributed by atoms with Crippen LogP contribution in [0.1, 0.15) is 62.1 Å². The summed E-state index contributed by atoms with van der Waals surface area (Å²) in [5.74, 6) is 0.528. The molecule has 1 amide bonds. The number of rotatable bonds is 5. The summed E-state index contributed by atoms with van der Waals surface area (Å²) in [5.41, 5.74) is 4.43. The lowest BCUT2D eigenvalue weighted by Gasteiger charge is -2.40. The fraction of sp³-hybridized carbons (Fsp3) is 0.500. The number of pyridine rings is 1. The molecule has 0 radical (unpaired) electrons. The third-order valence-electron chi connectivity index (χ3n) is 6.43. The molecule has 148 valence electrons. The van der Waals surface area contributed by atoms with Crippen molar-refractivity contribution in [3.05, 3.63) is 65.5 Å². The second kappa shape index (κ2) is 8.04. The topological polar surface area (TPSA) is 45.2 Å². The zero-order chi connectivity index (χ0) is 19.6. The fourth-order valence-electron chi connectivity index (χ4n) is 5.18. The quantitative estimate of drug-likeness (QED) is 0.856. The normalized spacial score (nSPS) is 21.0. The van der Waals surface area contributed by atoms with Gasteiger partial charge in [0, 0.05) is 31.4 Å². The van der Waals surface area contributed by atoms with Crippen molar-refractivity contribution < 1.29 is 4.79 Å². The molecule has 1 N–H and O–H groups in total. The number of amides is 1. The summed E-state index contributed by atoms with van der Waals surface area (Å²) in [4.78, 5) is 19.2. The van der Waals surface area contributed by atoms with E-state index in [0.717, 1.165) is 26.1 Å². The Bertz CT molecular complexity index is 810. The molecule has 2 heterocycles. The Morgan fingerprint density at radius 2 is 2.00 bits per heavy atom. The van der Waals surface area contributed by atoms with Crippen LogP contribution in [0.15, 0.2) is 48.8 Å².